The van der Waals surface area contributed by atoms with Crippen LogP contribution in [0.4, 0.5) is 0 Å². The van der Waals surface area contributed by atoms with E-state index in [4.69, 9.17) is 20.5 Å². The summed E-state index contributed by atoms with van der Waals surface area (Å²) in [6.45, 7) is 3.59. The molecule has 0 aliphatic carbocycles. The molecule has 1 unspecified atom stereocenters. The minimum atomic E-state index is -4.03. The van der Waals surface area contributed by atoms with Gasteiger partial charge in [-0.05, 0) is 67.4 Å². The Kier molecular flexibility index (Phi) is 7.75. The molecule has 0 amide bonds. The summed E-state index contributed by atoms with van der Waals surface area (Å²) in [6, 6.07) is 20.4. The molecule has 0 spiro atoms. The van der Waals surface area contributed by atoms with E-state index in [2.05, 4.69) is 4.99 Å². The first kappa shape index (κ1) is 27.6. The van der Waals surface area contributed by atoms with Crippen molar-refractivity contribution >= 4 is 45.1 Å². The fourth-order valence-corrected chi connectivity index (χ4v) is 6.44. The van der Waals surface area contributed by atoms with Gasteiger partial charge in [-0.15, -0.1) is 0 Å². The lowest BCUT2D eigenvalue weighted by molar-refractivity contribution is -0.139. The Morgan fingerprint density at radius 1 is 1.07 bits per heavy atom. The molecule has 11 heteroatoms. The third-order valence-corrected chi connectivity index (χ3v) is 8.59. The third kappa shape index (κ3) is 5.51. The molecule has 40 heavy (non-hydrogen) atoms. The molecular formula is C29H23ClN2O6S2. The van der Waals surface area contributed by atoms with Gasteiger partial charge in [0.2, 0.25) is 0 Å². The zero-order valence-electron chi connectivity index (χ0n) is 21.4. The number of carbonyl (C=O) groups is 1. The number of carbonyl (C=O) groups excluding carboxylic acids is 1. The summed E-state index contributed by atoms with van der Waals surface area (Å²) in [7, 11) is -4.03. The molecule has 1 aliphatic heterocycles. The maximum atomic E-state index is 13.8. The van der Waals surface area contributed by atoms with Crippen molar-refractivity contribution in [2.24, 2.45) is 4.99 Å². The van der Waals surface area contributed by atoms with E-state index < -0.39 is 22.1 Å². The highest BCUT2D eigenvalue weighted by Gasteiger charge is 2.33. The normalized spacial score (nSPS) is 15.4. The Morgan fingerprint density at radius 2 is 1.80 bits per heavy atom. The van der Waals surface area contributed by atoms with Crippen LogP contribution in [0.15, 0.2) is 105 Å². The van der Waals surface area contributed by atoms with Crippen LogP contribution in [0.5, 0.6) is 5.75 Å². The van der Waals surface area contributed by atoms with Crippen LogP contribution in [0.3, 0.4) is 0 Å². The smallest absolute Gasteiger partial charge is 0.339 e. The second-order valence-corrected chi connectivity index (χ2v) is 11.8. The Morgan fingerprint density at radius 3 is 2.50 bits per heavy atom. The SMILES string of the molecule is CCOC(=O)C1=C(C)N=c2sc(=Cc3cccc(OS(=O)(=O)c4ccccc4)c3)c(=O)n2C1c1ccc(Cl)cc1. The number of hydrogen-bond acceptors (Lipinski definition) is 8. The molecule has 1 aromatic heterocycles. The van der Waals surface area contributed by atoms with E-state index in [1.165, 1.54) is 28.8 Å². The van der Waals surface area contributed by atoms with Crippen LogP contribution in [-0.2, 0) is 19.6 Å². The van der Waals surface area contributed by atoms with Gasteiger partial charge in [0.1, 0.15) is 10.6 Å². The van der Waals surface area contributed by atoms with Crippen molar-refractivity contribution in [3.8, 4) is 5.75 Å². The van der Waals surface area contributed by atoms with Gasteiger partial charge in [0.15, 0.2) is 4.80 Å². The third-order valence-electron chi connectivity index (χ3n) is 6.10. The number of rotatable bonds is 7. The van der Waals surface area contributed by atoms with E-state index in [1.807, 2.05) is 0 Å². The number of benzene rings is 3. The number of nitrogens with zero attached hydrogens (tertiary/aromatic N) is 2. The highest BCUT2D eigenvalue weighted by atomic mass is 35.5. The lowest BCUT2D eigenvalue weighted by Crippen LogP contribution is -2.39. The van der Waals surface area contributed by atoms with Gasteiger partial charge < -0.3 is 8.92 Å². The second kappa shape index (κ2) is 11.2. The molecular weight excluding hydrogens is 572 g/mol. The zero-order chi connectivity index (χ0) is 28.4. The average molecular weight is 595 g/mol. The van der Waals surface area contributed by atoms with Crippen LogP contribution < -0.4 is 19.1 Å². The molecule has 1 atom stereocenters. The summed E-state index contributed by atoms with van der Waals surface area (Å²) in [5, 5.41) is 0.519. The van der Waals surface area contributed by atoms with Crippen molar-refractivity contribution < 1.29 is 22.1 Å². The zero-order valence-corrected chi connectivity index (χ0v) is 23.8. The van der Waals surface area contributed by atoms with Crippen molar-refractivity contribution in [3.63, 3.8) is 0 Å². The molecule has 0 saturated carbocycles. The largest absolute Gasteiger partial charge is 0.463 e. The minimum Gasteiger partial charge on any atom is -0.463 e. The van der Waals surface area contributed by atoms with E-state index in [9.17, 15) is 18.0 Å². The van der Waals surface area contributed by atoms with E-state index in [1.54, 1.807) is 74.5 Å². The lowest BCUT2D eigenvalue weighted by atomic mass is 9.96. The molecule has 1 aliphatic rings. The number of halogens is 1. The first-order valence-electron chi connectivity index (χ1n) is 12.2. The molecule has 3 aromatic carbocycles. The number of thiazole rings is 1. The number of ether oxygens (including phenoxy) is 1. The average Bonchev–Trinajstić information content (AvgIpc) is 3.23. The van der Waals surface area contributed by atoms with Crippen molar-refractivity contribution in [1.82, 2.24) is 4.57 Å². The van der Waals surface area contributed by atoms with E-state index in [-0.39, 0.29) is 28.4 Å². The van der Waals surface area contributed by atoms with Crippen molar-refractivity contribution in [1.29, 1.82) is 0 Å². The van der Waals surface area contributed by atoms with Crippen molar-refractivity contribution in [2.75, 3.05) is 6.61 Å². The quantitative estimate of drug-likeness (QED) is 0.234. The van der Waals surface area contributed by atoms with Gasteiger partial charge in [-0.2, -0.15) is 8.42 Å². The van der Waals surface area contributed by atoms with Gasteiger partial charge in [-0.1, -0.05) is 65.4 Å². The topological polar surface area (TPSA) is 104 Å². The molecule has 0 saturated heterocycles. The van der Waals surface area contributed by atoms with Gasteiger partial charge in [0, 0.05) is 5.02 Å². The molecule has 8 nitrogen and oxygen atoms in total. The van der Waals surface area contributed by atoms with Crippen LogP contribution in [-0.4, -0.2) is 25.6 Å². The van der Waals surface area contributed by atoms with Gasteiger partial charge >= 0.3 is 16.1 Å². The van der Waals surface area contributed by atoms with E-state index >= 15 is 0 Å². The first-order valence-corrected chi connectivity index (χ1v) is 14.8. The number of esters is 1. The summed E-state index contributed by atoms with van der Waals surface area (Å²) in [4.78, 5) is 31.7. The van der Waals surface area contributed by atoms with E-state index in [0.717, 1.165) is 11.3 Å². The summed E-state index contributed by atoms with van der Waals surface area (Å²) in [5.74, 6) is -0.452. The highest BCUT2D eigenvalue weighted by molar-refractivity contribution is 7.87. The van der Waals surface area contributed by atoms with Crippen LogP contribution in [0.2, 0.25) is 5.02 Å². The van der Waals surface area contributed by atoms with Crippen molar-refractivity contribution in [2.45, 2.75) is 24.8 Å². The van der Waals surface area contributed by atoms with Crippen LogP contribution >= 0.6 is 22.9 Å². The number of aromatic nitrogens is 1. The van der Waals surface area contributed by atoms with Crippen LogP contribution in [0.25, 0.3) is 6.08 Å². The summed E-state index contributed by atoms with van der Waals surface area (Å²) >= 11 is 7.26. The fraction of sp³-hybridized carbons (Fsp3) is 0.138. The number of fused-ring (bicyclic) bond motifs is 1. The van der Waals surface area contributed by atoms with Gasteiger partial charge in [-0.25, -0.2) is 9.79 Å². The fourth-order valence-electron chi connectivity index (χ4n) is 4.32. The predicted octanol–water partition coefficient (Wildman–Crippen LogP) is 4.22. The Labute approximate surface area is 239 Å². The summed E-state index contributed by atoms with van der Waals surface area (Å²) in [5.41, 5.74) is 1.59. The molecule has 0 fully saturated rings. The molecule has 0 radical (unpaired) electrons. The molecule has 2 heterocycles. The molecule has 0 N–H and O–H groups in total. The Balaban J connectivity index is 1.58. The molecule has 204 valence electrons. The summed E-state index contributed by atoms with van der Waals surface area (Å²) < 4.78 is 37.8. The molecule has 4 aromatic rings. The standard InChI is InChI=1S/C29H23ClN2O6S2/c1-3-37-28(34)25-18(2)31-29-32(26(25)20-12-14-21(30)15-13-20)27(33)24(39-29)17-19-8-7-9-22(16-19)38-40(35,36)23-10-5-4-6-11-23/h4-17,26H,3H2,1-2H3. The Hall–Kier alpha value is -3.99. The van der Waals surface area contributed by atoms with Gasteiger partial charge in [0.25, 0.3) is 5.56 Å². The van der Waals surface area contributed by atoms with Gasteiger partial charge in [-0.3, -0.25) is 9.36 Å². The lowest BCUT2D eigenvalue weighted by Gasteiger charge is -2.24. The van der Waals surface area contributed by atoms with Crippen LogP contribution in [0.1, 0.15) is 31.0 Å². The van der Waals surface area contributed by atoms with Gasteiger partial charge in [0.05, 0.1) is 28.5 Å². The first-order chi connectivity index (χ1) is 19.2. The number of hydrogen-bond donors (Lipinski definition) is 0. The maximum absolute atomic E-state index is 13.8. The second-order valence-electron chi connectivity index (χ2n) is 8.78. The highest BCUT2D eigenvalue weighted by Crippen LogP contribution is 2.31. The summed E-state index contributed by atoms with van der Waals surface area (Å²) in [6.07, 6.45) is 1.63. The Bertz CT molecular complexity index is 1910. The molecule has 5 rings (SSSR count). The monoisotopic (exact) mass is 594 g/mol. The number of allylic oxidation sites excluding steroid dienone is 1. The van der Waals surface area contributed by atoms with E-state index in [0.29, 0.717) is 31.2 Å². The predicted molar refractivity (Wildman–Crippen MR) is 153 cm³/mol. The maximum Gasteiger partial charge on any atom is 0.339 e. The van der Waals surface area contributed by atoms with Crippen LogP contribution in [0, 0.1) is 0 Å². The van der Waals surface area contributed by atoms with Crippen molar-refractivity contribution in [3.05, 3.63) is 126 Å². The molecule has 0 bridgehead atoms. The minimum absolute atomic E-state index is 0.0312.